The van der Waals surface area contributed by atoms with Gasteiger partial charge < -0.3 is 15.5 Å². The summed E-state index contributed by atoms with van der Waals surface area (Å²) in [5.74, 6) is 0. The van der Waals surface area contributed by atoms with Gasteiger partial charge in [0.15, 0.2) is 0 Å². The molecule has 2 bridgehead atoms. The summed E-state index contributed by atoms with van der Waals surface area (Å²) in [6.45, 7) is 6.57. The molecule has 3 heteroatoms. The Labute approximate surface area is 129 Å². The minimum Gasteiger partial charge on any atom is -0.372 e. The Morgan fingerprint density at radius 3 is 2.14 bits per heavy atom. The molecule has 3 nitrogen and oxygen atoms in total. The number of hydrogen-bond donors (Lipinski definition) is 1. The summed E-state index contributed by atoms with van der Waals surface area (Å²) < 4.78 is 0. The predicted molar refractivity (Wildman–Crippen MR) is 91.1 cm³/mol. The smallest absolute Gasteiger partial charge is 0.0372 e. The van der Waals surface area contributed by atoms with Gasteiger partial charge in [0.1, 0.15) is 0 Å². The number of piperidine rings is 2. The molecule has 116 valence electrons. The normalized spacial score (nSPS) is 28.5. The van der Waals surface area contributed by atoms with E-state index in [1.807, 2.05) is 0 Å². The van der Waals surface area contributed by atoms with Gasteiger partial charge in [-0.25, -0.2) is 0 Å². The van der Waals surface area contributed by atoms with Crippen molar-refractivity contribution < 1.29 is 0 Å². The van der Waals surface area contributed by atoms with Gasteiger partial charge in [-0.3, -0.25) is 0 Å². The fourth-order valence-electron chi connectivity index (χ4n) is 4.27. The maximum absolute atomic E-state index is 6.23. The van der Waals surface area contributed by atoms with Crippen LogP contribution in [0.15, 0.2) is 24.3 Å². The van der Waals surface area contributed by atoms with E-state index in [0.29, 0.717) is 18.1 Å². The fourth-order valence-corrected chi connectivity index (χ4v) is 4.27. The van der Waals surface area contributed by atoms with Crippen LogP contribution in [0.1, 0.15) is 46.0 Å². The minimum atomic E-state index is 0.409. The van der Waals surface area contributed by atoms with Crippen molar-refractivity contribution in [1.29, 1.82) is 0 Å². The highest BCUT2D eigenvalue weighted by molar-refractivity contribution is 5.58. The first kappa shape index (κ1) is 14.7. The second-order valence-corrected chi connectivity index (χ2v) is 6.57. The van der Waals surface area contributed by atoms with Crippen molar-refractivity contribution in [1.82, 2.24) is 0 Å². The van der Waals surface area contributed by atoms with Crippen molar-refractivity contribution in [2.45, 2.75) is 64.1 Å². The van der Waals surface area contributed by atoms with E-state index in [0.717, 1.165) is 25.9 Å². The zero-order valence-electron chi connectivity index (χ0n) is 13.5. The van der Waals surface area contributed by atoms with Gasteiger partial charge >= 0.3 is 0 Å². The molecule has 2 aliphatic heterocycles. The summed E-state index contributed by atoms with van der Waals surface area (Å²) in [4.78, 5) is 5.07. The highest BCUT2D eigenvalue weighted by atomic mass is 15.2. The lowest BCUT2D eigenvalue weighted by molar-refractivity contribution is 0.271. The van der Waals surface area contributed by atoms with Crippen LogP contribution in [0.25, 0.3) is 0 Å². The molecule has 2 unspecified atom stereocenters. The fraction of sp³-hybridized carbons (Fsp3) is 0.667. The Morgan fingerprint density at radius 2 is 1.62 bits per heavy atom. The van der Waals surface area contributed by atoms with Crippen LogP contribution in [0.5, 0.6) is 0 Å². The molecule has 3 rings (SSSR count). The van der Waals surface area contributed by atoms with Crippen LogP contribution in [-0.2, 0) is 0 Å². The highest BCUT2D eigenvalue weighted by Crippen LogP contribution is 2.37. The number of nitrogens with zero attached hydrogens (tertiary/aromatic N) is 2. The van der Waals surface area contributed by atoms with Crippen LogP contribution in [-0.4, -0.2) is 31.2 Å². The van der Waals surface area contributed by atoms with E-state index in [-0.39, 0.29) is 0 Å². The second kappa shape index (κ2) is 6.27. The topological polar surface area (TPSA) is 32.5 Å². The maximum atomic E-state index is 6.23. The van der Waals surface area contributed by atoms with Crippen LogP contribution in [0, 0.1) is 0 Å². The van der Waals surface area contributed by atoms with E-state index in [9.17, 15) is 0 Å². The van der Waals surface area contributed by atoms with Crippen molar-refractivity contribution in [2.75, 3.05) is 22.9 Å². The van der Waals surface area contributed by atoms with Crippen LogP contribution >= 0.6 is 0 Å². The van der Waals surface area contributed by atoms with Crippen molar-refractivity contribution >= 4 is 11.4 Å². The van der Waals surface area contributed by atoms with E-state index in [1.54, 1.807) is 0 Å². The molecule has 0 spiro atoms. The molecule has 2 fully saturated rings. The van der Waals surface area contributed by atoms with Gasteiger partial charge in [-0.15, -0.1) is 0 Å². The molecule has 0 aliphatic carbocycles. The van der Waals surface area contributed by atoms with Gasteiger partial charge in [-0.2, -0.15) is 0 Å². The van der Waals surface area contributed by atoms with Crippen LogP contribution in [0.3, 0.4) is 0 Å². The summed E-state index contributed by atoms with van der Waals surface area (Å²) in [6.07, 6.45) is 6.31. The number of hydrogen-bond acceptors (Lipinski definition) is 3. The van der Waals surface area contributed by atoms with Crippen molar-refractivity contribution in [3.8, 4) is 0 Å². The number of anilines is 2. The molecule has 2 aliphatic rings. The molecule has 1 aromatic carbocycles. The summed E-state index contributed by atoms with van der Waals surface area (Å²) in [5.41, 5.74) is 8.96. The third-order valence-electron chi connectivity index (χ3n) is 5.29. The predicted octanol–water partition coefficient (Wildman–Crippen LogP) is 3.38. The zero-order valence-corrected chi connectivity index (χ0v) is 13.5. The molecular weight excluding hydrogens is 258 g/mol. The lowest BCUT2D eigenvalue weighted by atomic mass is 9.81. The average Bonchev–Trinajstić information content (AvgIpc) is 2.48. The Hall–Kier alpha value is -1.22. The van der Waals surface area contributed by atoms with E-state index >= 15 is 0 Å². The van der Waals surface area contributed by atoms with E-state index in [1.165, 1.54) is 30.6 Å². The van der Waals surface area contributed by atoms with Crippen molar-refractivity contribution in [2.24, 2.45) is 5.73 Å². The quantitative estimate of drug-likeness (QED) is 0.921. The van der Waals surface area contributed by atoms with Crippen LogP contribution < -0.4 is 15.5 Å². The Balaban J connectivity index is 1.80. The average molecular weight is 287 g/mol. The third kappa shape index (κ3) is 2.89. The van der Waals surface area contributed by atoms with Gasteiger partial charge in [0.05, 0.1) is 0 Å². The number of benzene rings is 1. The second-order valence-electron chi connectivity index (χ2n) is 6.57. The first-order valence-corrected chi connectivity index (χ1v) is 8.61. The van der Waals surface area contributed by atoms with Gasteiger partial charge in [0.2, 0.25) is 0 Å². The molecule has 0 saturated carbocycles. The van der Waals surface area contributed by atoms with Crippen molar-refractivity contribution in [3.05, 3.63) is 24.3 Å². The molecule has 2 N–H and O–H groups in total. The summed E-state index contributed by atoms with van der Waals surface area (Å²) >= 11 is 0. The van der Waals surface area contributed by atoms with E-state index in [4.69, 9.17) is 5.73 Å². The van der Waals surface area contributed by atoms with Gasteiger partial charge in [0, 0.05) is 42.6 Å². The molecule has 2 heterocycles. The number of nitrogens with two attached hydrogens (primary N) is 1. The van der Waals surface area contributed by atoms with Gasteiger partial charge in [-0.1, -0.05) is 0 Å². The lowest BCUT2D eigenvalue weighted by Crippen LogP contribution is -2.55. The summed E-state index contributed by atoms with van der Waals surface area (Å²) in [5, 5.41) is 0. The van der Waals surface area contributed by atoms with E-state index < -0.39 is 0 Å². The molecule has 0 aromatic heterocycles. The molecule has 21 heavy (non-hydrogen) atoms. The van der Waals surface area contributed by atoms with Crippen LogP contribution in [0.4, 0.5) is 11.4 Å². The maximum Gasteiger partial charge on any atom is 0.0372 e. The third-order valence-corrected chi connectivity index (χ3v) is 5.29. The molecule has 0 amide bonds. The van der Waals surface area contributed by atoms with Crippen molar-refractivity contribution in [3.63, 3.8) is 0 Å². The molecule has 1 aromatic rings. The first-order chi connectivity index (χ1) is 10.2. The lowest BCUT2D eigenvalue weighted by Gasteiger charge is -2.49. The van der Waals surface area contributed by atoms with Gasteiger partial charge in [0.25, 0.3) is 0 Å². The van der Waals surface area contributed by atoms with Gasteiger partial charge in [-0.05, 0) is 70.2 Å². The summed E-state index contributed by atoms with van der Waals surface area (Å²) in [7, 11) is 0. The Morgan fingerprint density at radius 1 is 1.05 bits per heavy atom. The monoisotopic (exact) mass is 287 g/mol. The minimum absolute atomic E-state index is 0.409. The highest BCUT2D eigenvalue weighted by Gasteiger charge is 2.36. The van der Waals surface area contributed by atoms with Crippen LogP contribution in [0.2, 0.25) is 0 Å². The Kier molecular flexibility index (Phi) is 4.39. The molecule has 2 saturated heterocycles. The standard InChI is InChI=1S/C18H29N3/c1-3-20(4-2)15-8-10-16(11-9-15)21-17-6-5-7-18(21)13-14(19)12-17/h8-11,14,17-18H,3-7,12-13,19H2,1-2H3. The molecule has 0 radical (unpaired) electrons. The first-order valence-electron chi connectivity index (χ1n) is 8.61. The largest absolute Gasteiger partial charge is 0.372 e. The number of fused-ring (bicyclic) bond motifs is 2. The summed E-state index contributed by atoms with van der Waals surface area (Å²) in [6, 6.07) is 10.9. The SMILES string of the molecule is CCN(CC)c1ccc(N2C3CCCC2CC(N)C3)cc1. The zero-order chi connectivity index (χ0) is 14.8. The molecule has 2 atom stereocenters. The Bertz CT molecular complexity index is 438. The van der Waals surface area contributed by atoms with E-state index in [2.05, 4.69) is 47.9 Å². The molecular formula is C18H29N3. The number of rotatable bonds is 4.